The molecule has 4 rings (SSSR count). The van der Waals surface area contributed by atoms with Crippen LogP contribution in [0.1, 0.15) is 33.6 Å². The summed E-state index contributed by atoms with van der Waals surface area (Å²) in [5, 5.41) is 10.3. The van der Waals surface area contributed by atoms with Crippen molar-refractivity contribution in [2.75, 3.05) is 6.54 Å². The monoisotopic (exact) mass is 286 g/mol. The maximum atomic E-state index is 12.7. The first-order valence-corrected chi connectivity index (χ1v) is 7.45. The molecule has 2 saturated carbocycles. The lowest BCUT2D eigenvalue weighted by molar-refractivity contribution is 0.0402. The highest BCUT2D eigenvalue weighted by Gasteiger charge is 2.59. The number of primary amides is 1. The standard InChI is InChI=1S/C16H18N2O3/c17-15(20)8-1-3-9(4-2-8)16(21)18-7-11-5-10-6-12(11)13(18)14(10)19/h1-4,10-14,19H,5-7H2,(H2,17,20)/t10-,11-,12+,13+,14+/m0/s1. The van der Waals surface area contributed by atoms with Crippen LogP contribution in [0.2, 0.25) is 0 Å². The molecule has 0 unspecified atom stereocenters. The van der Waals surface area contributed by atoms with Crippen molar-refractivity contribution in [3.05, 3.63) is 35.4 Å². The van der Waals surface area contributed by atoms with Crippen LogP contribution in [0.4, 0.5) is 0 Å². The number of amides is 2. The molecular weight excluding hydrogens is 268 g/mol. The summed E-state index contributed by atoms with van der Waals surface area (Å²) in [5.41, 5.74) is 6.16. The minimum Gasteiger partial charge on any atom is -0.391 e. The molecular formula is C16H18N2O3. The van der Waals surface area contributed by atoms with Crippen LogP contribution >= 0.6 is 0 Å². The van der Waals surface area contributed by atoms with Crippen LogP contribution in [0.3, 0.4) is 0 Å². The van der Waals surface area contributed by atoms with Crippen molar-refractivity contribution in [3.63, 3.8) is 0 Å². The van der Waals surface area contributed by atoms with E-state index in [1.165, 1.54) is 0 Å². The molecule has 0 aromatic heterocycles. The number of nitrogens with zero attached hydrogens (tertiary/aromatic N) is 1. The molecule has 110 valence electrons. The molecule has 21 heavy (non-hydrogen) atoms. The number of hydrogen-bond acceptors (Lipinski definition) is 3. The fourth-order valence-corrected chi connectivity index (χ4v) is 4.59. The first-order chi connectivity index (χ1) is 10.1. The minimum absolute atomic E-state index is 0.0166. The molecule has 2 bridgehead atoms. The molecule has 3 aliphatic rings. The van der Waals surface area contributed by atoms with Gasteiger partial charge in [-0.1, -0.05) is 0 Å². The van der Waals surface area contributed by atoms with E-state index in [9.17, 15) is 14.7 Å². The van der Waals surface area contributed by atoms with Gasteiger partial charge >= 0.3 is 0 Å². The van der Waals surface area contributed by atoms with E-state index in [-0.39, 0.29) is 18.1 Å². The number of nitrogens with two attached hydrogens (primary N) is 1. The van der Waals surface area contributed by atoms with Crippen molar-refractivity contribution in [3.8, 4) is 0 Å². The predicted octanol–water partition coefficient (Wildman–Crippen LogP) is 0.627. The van der Waals surface area contributed by atoms with Gasteiger partial charge in [-0.15, -0.1) is 0 Å². The molecule has 5 nitrogen and oxygen atoms in total. The number of rotatable bonds is 2. The van der Waals surface area contributed by atoms with Crippen LogP contribution < -0.4 is 5.73 Å². The van der Waals surface area contributed by atoms with Crippen molar-refractivity contribution in [1.82, 2.24) is 4.90 Å². The van der Waals surface area contributed by atoms with E-state index >= 15 is 0 Å². The number of fused-ring (bicyclic) bond motifs is 1. The second kappa shape index (κ2) is 4.31. The van der Waals surface area contributed by atoms with Crippen molar-refractivity contribution in [2.45, 2.75) is 25.0 Å². The van der Waals surface area contributed by atoms with Crippen LogP contribution in [-0.2, 0) is 0 Å². The Kier molecular flexibility index (Phi) is 2.63. The number of carbonyl (C=O) groups is 2. The summed E-state index contributed by atoms with van der Waals surface area (Å²) in [6.45, 7) is 0.749. The largest absolute Gasteiger partial charge is 0.391 e. The first-order valence-electron chi connectivity index (χ1n) is 7.45. The molecule has 1 saturated heterocycles. The Balaban J connectivity index is 1.59. The number of hydrogen-bond donors (Lipinski definition) is 2. The number of likely N-dealkylation sites (tertiary alicyclic amines) is 1. The summed E-state index contributed by atoms with van der Waals surface area (Å²) in [4.78, 5) is 25.6. The molecule has 1 heterocycles. The molecule has 3 N–H and O–H groups in total. The summed E-state index contributed by atoms with van der Waals surface area (Å²) < 4.78 is 0. The molecule has 0 radical (unpaired) electrons. The average molecular weight is 286 g/mol. The van der Waals surface area contributed by atoms with Gasteiger partial charge in [0.25, 0.3) is 5.91 Å². The summed E-state index contributed by atoms with van der Waals surface area (Å²) in [7, 11) is 0. The first kappa shape index (κ1) is 12.8. The third kappa shape index (κ3) is 1.73. The third-order valence-electron chi connectivity index (χ3n) is 5.53. The smallest absolute Gasteiger partial charge is 0.254 e. The predicted molar refractivity (Wildman–Crippen MR) is 75.5 cm³/mol. The molecule has 2 amide bonds. The Bertz CT molecular complexity index is 610. The maximum absolute atomic E-state index is 12.7. The second-order valence-corrected chi connectivity index (χ2v) is 6.54. The zero-order chi connectivity index (χ0) is 14.7. The Morgan fingerprint density at radius 1 is 1.10 bits per heavy atom. The van der Waals surface area contributed by atoms with E-state index in [1.807, 2.05) is 4.90 Å². The van der Waals surface area contributed by atoms with Crippen LogP contribution in [0, 0.1) is 17.8 Å². The summed E-state index contributed by atoms with van der Waals surface area (Å²) in [6, 6.07) is 6.42. The minimum atomic E-state index is -0.498. The highest BCUT2D eigenvalue weighted by atomic mass is 16.3. The molecule has 0 spiro atoms. The second-order valence-electron chi connectivity index (χ2n) is 6.54. The van der Waals surface area contributed by atoms with Gasteiger partial charge in [-0.05, 0) is 54.9 Å². The zero-order valence-corrected chi connectivity index (χ0v) is 11.6. The van der Waals surface area contributed by atoms with E-state index in [2.05, 4.69) is 0 Å². The van der Waals surface area contributed by atoms with Crippen LogP contribution in [-0.4, -0.2) is 40.5 Å². The number of benzene rings is 1. The molecule has 1 aromatic carbocycles. The summed E-state index contributed by atoms with van der Waals surface area (Å²) >= 11 is 0. The summed E-state index contributed by atoms with van der Waals surface area (Å²) in [5.74, 6) is 0.850. The lowest BCUT2D eigenvalue weighted by atomic mass is 9.88. The van der Waals surface area contributed by atoms with Crippen molar-refractivity contribution in [2.24, 2.45) is 23.5 Å². The molecule has 5 atom stereocenters. The highest BCUT2D eigenvalue weighted by molar-refractivity contribution is 5.97. The van der Waals surface area contributed by atoms with Crippen LogP contribution in [0.5, 0.6) is 0 Å². The molecule has 1 aliphatic heterocycles. The van der Waals surface area contributed by atoms with Gasteiger partial charge in [0.15, 0.2) is 0 Å². The highest BCUT2D eigenvalue weighted by Crippen LogP contribution is 2.55. The lowest BCUT2D eigenvalue weighted by Gasteiger charge is -2.29. The Hall–Kier alpha value is -1.88. The molecule has 5 heteroatoms. The van der Waals surface area contributed by atoms with Crippen LogP contribution in [0.15, 0.2) is 24.3 Å². The van der Waals surface area contributed by atoms with E-state index in [1.54, 1.807) is 24.3 Å². The molecule has 1 aromatic rings. The van der Waals surface area contributed by atoms with E-state index in [4.69, 9.17) is 5.73 Å². The number of carbonyl (C=O) groups excluding carboxylic acids is 2. The Labute approximate surface area is 122 Å². The van der Waals surface area contributed by atoms with Crippen LogP contribution in [0.25, 0.3) is 0 Å². The maximum Gasteiger partial charge on any atom is 0.254 e. The summed E-state index contributed by atoms with van der Waals surface area (Å²) in [6.07, 6.45) is 1.73. The topological polar surface area (TPSA) is 83.6 Å². The van der Waals surface area contributed by atoms with Gasteiger partial charge in [0.2, 0.25) is 5.91 Å². The zero-order valence-electron chi connectivity index (χ0n) is 11.6. The molecule has 2 aliphatic carbocycles. The van der Waals surface area contributed by atoms with Crippen molar-refractivity contribution >= 4 is 11.8 Å². The fourth-order valence-electron chi connectivity index (χ4n) is 4.59. The normalized spacial score (nSPS) is 36.2. The van der Waals surface area contributed by atoms with Gasteiger partial charge in [0.1, 0.15) is 0 Å². The number of aliphatic hydroxyl groups excluding tert-OH is 1. The van der Waals surface area contributed by atoms with Gasteiger partial charge in [-0.2, -0.15) is 0 Å². The molecule has 3 fully saturated rings. The van der Waals surface area contributed by atoms with Gasteiger partial charge < -0.3 is 15.7 Å². The third-order valence-corrected chi connectivity index (χ3v) is 5.53. The van der Waals surface area contributed by atoms with Gasteiger partial charge in [0.05, 0.1) is 12.1 Å². The fraction of sp³-hybridized carbons (Fsp3) is 0.500. The van der Waals surface area contributed by atoms with E-state index in [0.717, 1.165) is 19.4 Å². The van der Waals surface area contributed by atoms with Gasteiger partial charge in [0, 0.05) is 17.7 Å². The van der Waals surface area contributed by atoms with Crippen molar-refractivity contribution in [1.29, 1.82) is 0 Å². The SMILES string of the molecule is NC(=O)c1ccc(C(=O)N2C[C@@H]3C[C@H]4C[C@H]3[C@@H]2[C@@H]4O)cc1. The number of aliphatic hydroxyl groups is 1. The van der Waals surface area contributed by atoms with E-state index in [0.29, 0.717) is 28.9 Å². The average Bonchev–Trinajstić information content (AvgIpc) is 3.08. The van der Waals surface area contributed by atoms with Crippen molar-refractivity contribution < 1.29 is 14.7 Å². The van der Waals surface area contributed by atoms with Gasteiger partial charge in [-0.3, -0.25) is 9.59 Å². The Morgan fingerprint density at radius 2 is 1.76 bits per heavy atom. The quantitative estimate of drug-likeness (QED) is 0.836. The van der Waals surface area contributed by atoms with Gasteiger partial charge in [-0.25, -0.2) is 0 Å². The Morgan fingerprint density at radius 3 is 2.38 bits per heavy atom. The van der Waals surface area contributed by atoms with E-state index < -0.39 is 5.91 Å². The lowest BCUT2D eigenvalue weighted by Crippen LogP contribution is -2.43.